The van der Waals surface area contributed by atoms with Gasteiger partial charge in [0.15, 0.2) is 6.61 Å². The van der Waals surface area contributed by atoms with Gasteiger partial charge in [-0.2, -0.15) is 5.10 Å². The fraction of sp³-hybridized carbons (Fsp3) is 0.412. The molecule has 3 rings (SSSR count). The second kappa shape index (κ2) is 6.92. The minimum Gasteiger partial charge on any atom is -0.482 e. The molecule has 1 N–H and O–H groups in total. The highest BCUT2D eigenvalue weighted by molar-refractivity contribution is 6.02. The first-order valence-corrected chi connectivity index (χ1v) is 8.16. The van der Waals surface area contributed by atoms with E-state index in [0.717, 1.165) is 5.56 Å². The van der Waals surface area contributed by atoms with E-state index in [2.05, 4.69) is 15.4 Å². The van der Waals surface area contributed by atoms with E-state index in [4.69, 9.17) is 4.74 Å². The van der Waals surface area contributed by atoms with Crippen molar-refractivity contribution >= 4 is 17.5 Å². The van der Waals surface area contributed by atoms with Crippen LogP contribution in [0.1, 0.15) is 30.8 Å². The van der Waals surface area contributed by atoms with Crippen LogP contribution in [0, 0.1) is 6.92 Å². The summed E-state index contributed by atoms with van der Waals surface area (Å²) in [6.07, 6.45) is 2.12. The zero-order valence-electron chi connectivity index (χ0n) is 14.5. The van der Waals surface area contributed by atoms with Gasteiger partial charge in [-0.15, -0.1) is 0 Å². The third-order valence-electron chi connectivity index (χ3n) is 4.16. The van der Waals surface area contributed by atoms with Crippen LogP contribution in [0.2, 0.25) is 0 Å². The molecule has 0 fully saturated rings. The summed E-state index contributed by atoms with van der Waals surface area (Å²) in [5, 5.41) is 6.96. The topological polar surface area (TPSA) is 89.3 Å². The van der Waals surface area contributed by atoms with Crippen molar-refractivity contribution in [3.05, 3.63) is 35.9 Å². The summed E-state index contributed by atoms with van der Waals surface area (Å²) in [6, 6.07) is 5.32. The van der Waals surface area contributed by atoms with Gasteiger partial charge in [-0.3, -0.25) is 19.2 Å². The maximum atomic E-state index is 12.5. The van der Waals surface area contributed by atoms with E-state index in [1.807, 2.05) is 32.0 Å². The SMILES string of the molecule is CC[C@H](NC(=O)CN1C(=O)COc2ccc(C)cc21)c1ncnn1C. The molecule has 2 aromatic rings. The molecule has 1 atom stereocenters. The molecule has 0 saturated carbocycles. The standard InChI is InChI=1S/C17H21N5O3/c1-4-12(17-18-10-19-21(17)3)20-15(23)8-22-13-7-11(2)5-6-14(13)25-9-16(22)24/h5-7,10,12H,4,8-9H2,1-3H3,(H,20,23)/t12-/m0/s1. The van der Waals surface area contributed by atoms with Gasteiger partial charge in [0.05, 0.1) is 11.7 Å². The quantitative estimate of drug-likeness (QED) is 0.879. The van der Waals surface area contributed by atoms with Crippen LogP contribution >= 0.6 is 0 Å². The predicted molar refractivity (Wildman–Crippen MR) is 91.2 cm³/mol. The Hall–Kier alpha value is -2.90. The lowest BCUT2D eigenvalue weighted by Crippen LogP contribution is -2.46. The number of hydrogen-bond acceptors (Lipinski definition) is 5. The maximum absolute atomic E-state index is 12.5. The second-order valence-corrected chi connectivity index (χ2v) is 6.01. The minimum absolute atomic E-state index is 0.0625. The zero-order valence-corrected chi connectivity index (χ0v) is 14.5. The average Bonchev–Trinajstić information content (AvgIpc) is 3.01. The highest BCUT2D eigenvalue weighted by atomic mass is 16.5. The van der Waals surface area contributed by atoms with Crippen LogP contribution in [-0.2, 0) is 16.6 Å². The molecule has 8 nitrogen and oxygen atoms in total. The van der Waals surface area contributed by atoms with Gasteiger partial charge in [-0.25, -0.2) is 4.98 Å². The lowest BCUT2D eigenvalue weighted by molar-refractivity contribution is -0.125. The number of rotatable bonds is 5. The van der Waals surface area contributed by atoms with E-state index in [1.165, 1.54) is 11.2 Å². The fourth-order valence-electron chi connectivity index (χ4n) is 2.84. The summed E-state index contributed by atoms with van der Waals surface area (Å²) in [7, 11) is 1.78. The van der Waals surface area contributed by atoms with Crippen molar-refractivity contribution in [3.8, 4) is 5.75 Å². The summed E-state index contributed by atoms with van der Waals surface area (Å²) >= 11 is 0. The third kappa shape index (κ3) is 3.47. The van der Waals surface area contributed by atoms with E-state index in [0.29, 0.717) is 23.7 Å². The largest absolute Gasteiger partial charge is 0.482 e. The van der Waals surface area contributed by atoms with Gasteiger partial charge in [0.25, 0.3) is 5.91 Å². The van der Waals surface area contributed by atoms with Gasteiger partial charge in [0.1, 0.15) is 24.4 Å². The van der Waals surface area contributed by atoms with E-state index in [1.54, 1.807) is 11.7 Å². The second-order valence-electron chi connectivity index (χ2n) is 6.01. The number of aryl methyl sites for hydroxylation is 2. The number of hydrogen-bond donors (Lipinski definition) is 1. The molecule has 0 radical (unpaired) electrons. The first kappa shape index (κ1) is 16.9. The molecule has 2 amide bonds. The first-order valence-electron chi connectivity index (χ1n) is 8.16. The molecule has 0 unspecified atom stereocenters. The third-order valence-corrected chi connectivity index (χ3v) is 4.16. The zero-order chi connectivity index (χ0) is 18.0. The molecule has 1 aromatic carbocycles. The maximum Gasteiger partial charge on any atom is 0.265 e. The number of benzene rings is 1. The molecule has 132 valence electrons. The van der Waals surface area contributed by atoms with Crippen molar-refractivity contribution in [2.24, 2.45) is 7.05 Å². The number of carbonyl (C=O) groups is 2. The molecule has 0 bridgehead atoms. The summed E-state index contributed by atoms with van der Waals surface area (Å²) in [5.74, 6) is 0.802. The van der Waals surface area contributed by atoms with Crippen LogP contribution < -0.4 is 15.0 Å². The minimum atomic E-state index is -0.256. The average molecular weight is 343 g/mol. The molecule has 0 saturated heterocycles. The Balaban J connectivity index is 1.75. The van der Waals surface area contributed by atoms with Crippen LogP contribution in [0.15, 0.2) is 24.5 Å². The normalized spacial score (nSPS) is 14.7. The number of aromatic nitrogens is 3. The van der Waals surface area contributed by atoms with Gasteiger partial charge >= 0.3 is 0 Å². The van der Waals surface area contributed by atoms with Gasteiger partial charge in [0, 0.05) is 7.05 Å². The molecule has 8 heteroatoms. The number of nitrogens with zero attached hydrogens (tertiary/aromatic N) is 4. The van der Waals surface area contributed by atoms with Crippen molar-refractivity contribution in [2.45, 2.75) is 26.3 Å². The number of anilines is 1. The Morgan fingerprint density at radius 1 is 1.44 bits per heavy atom. The molecular weight excluding hydrogens is 322 g/mol. The Bertz CT molecular complexity index is 801. The number of carbonyl (C=O) groups excluding carboxylic acids is 2. The summed E-state index contributed by atoms with van der Waals surface area (Å²) in [5.41, 5.74) is 1.62. The van der Waals surface area contributed by atoms with Gasteiger partial charge in [0.2, 0.25) is 5.91 Å². The van der Waals surface area contributed by atoms with Crippen LogP contribution in [-0.4, -0.2) is 39.7 Å². The molecule has 0 aliphatic carbocycles. The van der Waals surface area contributed by atoms with Crippen LogP contribution in [0.5, 0.6) is 5.75 Å². The molecular formula is C17H21N5O3. The monoisotopic (exact) mass is 343 g/mol. The lowest BCUT2D eigenvalue weighted by atomic mass is 10.1. The van der Waals surface area contributed by atoms with Crippen molar-refractivity contribution in [3.63, 3.8) is 0 Å². The number of amides is 2. The fourth-order valence-corrected chi connectivity index (χ4v) is 2.84. The smallest absolute Gasteiger partial charge is 0.265 e. The Morgan fingerprint density at radius 2 is 2.24 bits per heavy atom. The predicted octanol–water partition coefficient (Wildman–Crippen LogP) is 1.12. The Labute approximate surface area is 145 Å². The highest BCUT2D eigenvalue weighted by Crippen LogP contribution is 2.32. The summed E-state index contributed by atoms with van der Waals surface area (Å²) in [6.45, 7) is 3.76. The Morgan fingerprint density at radius 3 is 2.92 bits per heavy atom. The lowest BCUT2D eigenvalue weighted by Gasteiger charge is -2.29. The van der Waals surface area contributed by atoms with Gasteiger partial charge in [-0.05, 0) is 31.0 Å². The van der Waals surface area contributed by atoms with Crippen LogP contribution in [0.3, 0.4) is 0 Å². The molecule has 1 aliphatic heterocycles. The Kier molecular flexibility index (Phi) is 4.69. The van der Waals surface area contributed by atoms with Crippen molar-refractivity contribution in [1.82, 2.24) is 20.1 Å². The summed E-state index contributed by atoms with van der Waals surface area (Å²) < 4.78 is 7.07. The highest BCUT2D eigenvalue weighted by Gasteiger charge is 2.28. The molecule has 1 aliphatic rings. The number of nitrogens with one attached hydrogen (secondary N) is 1. The number of ether oxygens (including phenoxy) is 1. The van der Waals surface area contributed by atoms with Gasteiger partial charge in [-0.1, -0.05) is 13.0 Å². The van der Waals surface area contributed by atoms with Crippen molar-refractivity contribution in [1.29, 1.82) is 0 Å². The molecule has 0 spiro atoms. The van der Waals surface area contributed by atoms with Crippen LogP contribution in [0.25, 0.3) is 0 Å². The van der Waals surface area contributed by atoms with Crippen molar-refractivity contribution in [2.75, 3.05) is 18.1 Å². The summed E-state index contributed by atoms with van der Waals surface area (Å²) in [4.78, 5) is 30.4. The van der Waals surface area contributed by atoms with Crippen molar-refractivity contribution < 1.29 is 14.3 Å². The molecule has 2 heterocycles. The van der Waals surface area contributed by atoms with E-state index in [-0.39, 0.29) is 31.0 Å². The first-order chi connectivity index (χ1) is 12.0. The molecule has 1 aromatic heterocycles. The number of fused-ring (bicyclic) bond motifs is 1. The van der Waals surface area contributed by atoms with E-state index >= 15 is 0 Å². The van der Waals surface area contributed by atoms with Gasteiger partial charge < -0.3 is 10.1 Å². The van der Waals surface area contributed by atoms with Crippen LogP contribution in [0.4, 0.5) is 5.69 Å². The van der Waals surface area contributed by atoms with E-state index < -0.39 is 0 Å². The molecule has 25 heavy (non-hydrogen) atoms. The van der Waals surface area contributed by atoms with E-state index in [9.17, 15) is 9.59 Å².